The first-order chi connectivity index (χ1) is 14.2. The third-order valence-electron chi connectivity index (χ3n) is 7.02. The molecular formula is C32H66. The second-order valence-corrected chi connectivity index (χ2v) is 16.6. The average molecular weight is 451 g/mol. The SMILES string of the molecule is CC(C)(C)C.CC(C)(C)C.CC(C)(C)C1CCCC1.CC(C)(C)C1CCCC2CCCC21. The van der Waals surface area contributed by atoms with Gasteiger partial charge in [0.15, 0.2) is 0 Å². The lowest BCUT2D eigenvalue weighted by atomic mass is 9.63. The molecule has 0 heterocycles. The molecule has 3 aliphatic rings. The van der Waals surface area contributed by atoms with E-state index in [2.05, 4.69) is 96.9 Å². The molecule has 0 aromatic heterocycles. The van der Waals surface area contributed by atoms with Crippen molar-refractivity contribution < 1.29 is 0 Å². The number of hydrogen-bond acceptors (Lipinski definition) is 0. The molecule has 0 aromatic carbocycles. The van der Waals surface area contributed by atoms with Gasteiger partial charge in [-0.15, -0.1) is 0 Å². The quantitative estimate of drug-likeness (QED) is 0.344. The van der Waals surface area contributed by atoms with Gasteiger partial charge >= 0.3 is 0 Å². The molecule has 3 atom stereocenters. The van der Waals surface area contributed by atoms with Crippen LogP contribution in [0.25, 0.3) is 0 Å². The van der Waals surface area contributed by atoms with Gasteiger partial charge in [0.2, 0.25) is 0 Å². The van der Waals surface area contributed by atoms with Crippen LogP contribution in [0.2, 0.25) is 0 Å². The highest BCUT2D eigenvalue weighted by atomic mass is 14.5. The first kappa shape index (κ1) is 32.0. The molecule has 0 aromatic rings. The maximum atomic E-state index is 2.44. The Morgan fingerprint density at radius 1 is 0.406 bits per heavy atom. The molecule has 32 heavy (non-hydrogen) atoms. The van der Waals surface area contributed by atoms with Gasteiger partial charge in [-0.25, -0.2) is 0 Å². The number of hydrogen-bond donors (Lipinski definition) is 0. The van der Waals surface area contributed by atoms with E-state index in [9.17, 15) is 0 Å². The topological polar surface area (TPSA) is 0 Å². The van der Waals surface area contributed by atoms with E-state index in [4.69, 9.17) is 0 Å². The van der Waals surface area contributed by atoms with Crippen molar-refractivity contribution in [3.8, 4) is 0 Å². The molecule has 3 fully saturated rings. The maximum Gasteiger partial charge on any atom is -0.0334 e. The van der Waals surface area contributed by atoms with Gasteiger partial charge in [0.25, 0.3) is 0 Å². The summed E-state index contributed by atoms with van der Waals surface area (Å²) >= 11 is 0. The Balaban J connectivity index is 0.000000442. The van der Waals surface area contributed by atoms with E-state index in [1.807, 2.05) is 0 Å². The highest BCUT2D eigenvalue weighted by molar-refractivity contribution is 4.91. The van der Waals surface area contributed by atoms with Crippen LogP contribution in [0.5, 0.6) is 0 Å². The van der Waals surface area contributed by atoms with Crippen molar-refractivity contribution >= 4 is 0 Å². The van der Waals surface area contributed by atoms with E-state index < -0.39 is 0 Å². The largest absolute Gasteiger partial charge is 0.0604 e. The summed E-state index contributed by atoms with van der Waals surface area (Å²) in [6, 6.07) is 0. The first-order valence-corrected chi connectivity index (χ1v) is 14.2. The first-order valence-electron chi connectivity index (χ1n) is 14.2. The second-order valence-electron chi connectivity index (χ2n) is 16.6. The van der Waals surface area contributed by atoms with E-state index in [-0.39, 0.29) is 0 Å². The van der Waals surface area contributed by atoms with Crippen LogP contribution in [0.15, 0.2) is 0 Å². The van der Waals surface area contributed by atoms with Gasteiger partial charge in [-0.3, -0.25) is 0 Å². The highest BCUT2D eigenvalue weighted by Gasteiger charge is 2.41. The fraction of sp³-hybridized carbons (Fsp3) is 1.00. The fourth-order valence-corrected chi connectivity index (χ4v) is 5.63. The van der Waals surface area contributed by atoms with Crippen molar-refractivity contribution in [2.24, 2.45) is 45.3 Å². The predicted molar refractivity (Wildman–Crippen MR) is 149 cm³/mol. The predicted octanol–water partition coefficient (Wildman–Crippen LogP) is 11.6. The van der Waals surface area contributed by atoms with Gasteiger partial charge in [0.05, 0.1) is 0 Å². The minimum atomic E-state index is 0.500. The molecule has 0 radical (unpaired) electrons. The summed E-state index contributed by atoms with van der Waals surface area (Å²) in [4.78, 5) is 0. The summed E-state index contributed by atoms with van der Waals surface area (Å²) < 4.78 is 0. The van der Waals surface area contributed by atoms with Crippen LogP contribution in [0.4, 0.5) is 0 Å². The molecule has 0 saturated heterocycles. The van der Waals surface area contributed by atoms with Gasteiger partial charge in [0, 0.05) is 0 Å². The minimum absolute atomic E-state index is 0.500. The molecular weight excluding hydrogens is 384 g/mol. The Kier molecular flexibility index (Phi) is 13.2. The summed E-state index contributed by atoms with van der Waals surface area (Å²) in [6.07, 6.45) is 15.0. The van der Waals surface area contributed by atoms with Gasteiger partial charge < -0.3 is 0 Å². The zero-order valence-corrected chi connectivity index (χ0v) is 25.4. The molecule has 3 unspecified atom stereocenters. The molecule has 3 saturated carbocycles. The smallest absolute Gasteiger partial charge is 0.0334 e. The molecule has 3 rings (SSSR count). The van der Waals surface area contributed by atoms with Crippen molar-refractivity contribution in [1.29, 1.82) is 0 Å². The average Bonchev–Trinajstić information content (AvgIpc) is 3.22. The molecule has 0 nitrogen and oxygen atoms in total. The van der Waals surface area contributed by atoms with E-state index >= 15 is 0 Å². The molecule has 0 amide bonds. The maximum absolute atomic E-state index is 2.44. The zero-order valence-electron chi connectivity index (χ0n) is 25.4. The lowest BCUT2D eigenvalue weighted by molar-refractivity contribution is 0.0792. The third kappa shape index (κ3) is 16.6. The third-order valence-corrected chi connectivity index (χ3v) is 7.02. The Morgan fingerprint density at radius 2 is 0.781 bits per heavy atom. The van der Waals surface area contributed by atoms with Gasteiger partial charge in [-0.05, 0) is 71.0 Å². The lowest BCUT2D eigenvalue weighted by Gasteiger charge is -2.42. The summed E-state index contributed by atoms with van der Waals surface area (Å²) in [5.41, 5.74) is 2.14. The van der Waals surface area contributed by atoms with Crippen LogP contribution < -0.4 is 0 Å². The van der Waals surface area contributed by atoms with Crippen molar-refractivity contribution in [3.05, 3.63) is 0 Å². The summed E-state index contributed by atoms with van der Waals surface area (Å²) in [6.45, 7) is 31.9. The van der Waals surface area contributed by atoms with Crippen molar-refractivity contribution in [2.45, 2.75) is 161 Å². The van der Waals surface area contributed by atoms with Crippen molar-refractivity contribution in [2.75, 3.05) is 0 Å². The van der Waals surface area contributed by atoms with Gasteiger partial charge in [0.1, 0.15) is 0 Å². The number of fused-ring (bicyclic) bond motifs is 1. The minimum Gasteiger partial charge on any atom is -0.0604 e. The molecule has 3 aliphatic carbocycles. The van der Waals surface area contributed by atoms with E-state index in [0.717, 1.165) is 23.7 Å². The Labute approximate surface area is 206 Å². The lowest BCUT2D eigenvalue weighted by Crippen LogP contribution is -2.33. The molecule has 0 aliphatic heterocycles. The van der Waals surface area contributed by atoms with Crippen molar-refractivity contribution in [3.63, 3.8) is 0 Å². The van der Waals surface area contributed by atoms with Crippen LogP contribution in [0, 0.1) is 45.3 Å². The number of rotatable bonds is 0. The molecule has 0 heteroatoms. The van der Waals surface area contributed by atoms with E-state index in [1.54, 1.807) is 0 Å². The van der Waals surface area contributed by atoms with Crippen LogP contribution in [0.3, 0.4) is 0 Å². The van der Waals surface area contributed by atoms with Gasteiger partial charge in [-0.1, -0.05) is 135 Å². The second kappa shape index (κ2) is 13.2. The monoisotopic (exact) mass is 451 g/mol. The van der Waals surface area contributed by atoms with E-state index in [0.29, 0.717) is 21.7 Å². The zero-order chi connectivity index (χ0) is 25.4. The molecule has 0 spiro atoms. The Morgan fingerprint density at radius 3 is 1.09 bits per heavy atom. The van der Waals surface area contributed by atoms with E-state index in [1.165, 1.54) is 64.2 Å². The van der Waals surface area contributed by atoms with Crippen molar-refractivity contribution in [1.82, 2.24) is 0 Å². The molecule has 194 valence electrons. The van der Waals surface area contributed by atoms with Crippen LogP contribution in [0.1, 0.15) is 161 Å². The van der Waals surface area contributed by atoms with Gasteiger partial charge in [-0.2, -0.15) is 0 Å². The normalized spacial score (nSPS) is 26.6. The Hall–Kier alpha value is 0. The standard InChI is InChI=1S/C13H24.C9H18.2C5H12/c1-13(2,3)12-9-5-7-10-6-4-8-11(10)12;1-9(2,3)8-6-4-5-7-8;2*1-5(2,3)4/h10-12H,4-9H2,1-3H3;8H,4-7H2,1-3H3;2*1-4H3. The molecule has 0 bridgehead atoms. The van der Waals surface area contributed by atoms with Crippen LogP contribution in [-0.4, -0.2) is 0 Å². The van der Waals surface area contributed by atoms with Crippen LogP contribution >= 0.6 is 0 Å². The fourth-order valence-electron chi connectivity index (χ4n) is 5.63. The summed E-state index contributed by atoms with van der Waals surface area (Å²) in [7, 11) is 0. The summed E-state index contributed by atoms with van der Waals surface area (Å²) in [5, 5.41) is 0. The Bertz CT molecular complexity index is 440. The summed E-state index contributed by atoms with van der Waals surface area (Å²) in [5.74, 6) is 4.23. The van der Waals surface area contributed by atoms with Crippen LogP contribution in [-0.2, 0) is 0 Å². The molecule has 0 N–H and O–H groups in total. The highest BCUT2D eigenvalue weighted by Crippen LogP contribution is 2.51.